The van der Waals surface area contributed by atoms with Crippen LogP contribution in [0.5, 0.6) is 0 Å². The topological polar surface area (TPSA) is 56.7 Å². The van der Waals surface area contributed by atoms with Gasteiger partial charge in [-0.3, -0.25) is 9.88 Å². The molecule has 0 saturated carbocycles. The van der Waals surface area contributed by atoms with E-state index in [9.17, 15) is 9.90 Å². The van der Waals surface area contributed by atoms with Crippen LogP contribution in [-0.4, -0.2) is 46.6 Å². The van der Waals surface area contributed by atoms with Crippen molar-refractivity contribution in [2.24, 2.45) is 0 Å². The summed E-state index contributed by atoms with van der Waals surface area (Å²) in [5.74, 6) is -0.913. The largest absolute Gasteiger partial charge is 0.478 e. The van der Waals surface area contributed by atoms with Gasteiger partial charge in [0.2, 0.25) is 0 Å². The highest BCUT2D eigenvalue weighted by Gasteiger charge is 2.25. The molecule has 0 spiro atoms. The summed E-state index contributed by atoms with van der Waals surface area (Å²) in [5.41, 5.74) is 2.18. The first-order valence-electron chi connectivity index (χ1n) is 7.86. The van der Waals surface area contributed by atoms with Crippen molar-refractivity contribution in [2.45, 2.75) is 19.5 Å². The van der Waals surface area contributed by atoms with E-state index in [4.69, 9.17) is 0 Å². The van der Waals surface area contributed by atoms with Gasteiger partial charge < -0.3 is 10.0 Å². The summed E-state index contributed by atoms with van der Waals surface area (Å²) in [7, 11) is 0. The Bertz CT molecular complexity index is 675. The molecule has 0 radical (unpaired) electrons. The number of rotatable bonds is 4. The molecular formula is C18H21N3O2. The standard InChI is InChI=1S/C18H21N3O2/c1-14-12-20(10-11-21(14)15-6-3-2-4-7-15)13-17-16(18(22)23)8-5-9-19-17/h2-9,14H,10-13H2,1H3,(H,22,23). The molecule has 5 nitrogen and oxygen atoms in total. The SMILES string of the molecule is CC1CN(Cc2ncccc2C(=O)O)CCN1c1ccccc1. The van der Waals surface area contributed by atoms with Crippen LogP contribution in [-0.2, 0) is 6.54 Å². The summed E-state index contributed by atoms with van der Waals surface area (Å²) < 4.78 is 0. The van der Waals surface area contributed by atoms with E-state index in [0.29, 0.717) is 23.8 Å². The number of pyridine rings is 1. The average molecular weight is 311 g/mol. The van der Waals surface area contributed by atoms with E-state index in [1.54, 1.807) is 18.3 Å². The monoisotopic (exact) mass is 311 g/mol. The molecule has 2 aromatic rings. The highest BCUT2D eigenvalue weighted by Crippen LogP contribution is 2.21. The molecule has 0 bridgehead atoms. The number of anilines is 1. The number of aromatic nitrogens is 1. The zero-order valence-corrected chi connectivity index (χ0v) is 13.2. The van der Waals surface area contributed by atoms with Crippen LogP contribution in [0.15, 0.2) is 48.7 Å². The van der Waals surface area contributed by atoms with E-state index in [1.807, 2.05) is 6.07 Å². The Hall–Kier alpha value is -2.40. The second kappa shape index (κ2) is 6.79. The third-order valence-electron chi connectivity index (χ3n) is 4.29. The van der Waals surface area contributed by atoms with E-state index < -0.39 is 5.97 Å². The van der Waals surface area contributed by atoms with Crippen molar-refractivity contribution in [3.63, 3.8) is 0 Å². The lowest BCUT2D eigenvalue weighted by Gasteiger charge is -2.41. The molecule has 23 heavy (non-hydrogen) atoms. The Morgan fingerprint density at radius 1 is 1.22 bits per heavy atom. The maximum Gasteiger partial charge on any atom is 0.337 e. The molecule has 0 amide bonds. The summed E-state index contributed by atoms with van der Waals surface area (Å²) in [4.78, 5) is 20.2. The van der Waals surface area contributed by atoms with Gasteiger partial charge in [0.25, 0.3) is 0 Å². The second-order valence-corrected chi connectivity index (χ2v) is 5.92. The Labute approximate surface area is 136 Å². The van der Waals surface area contributed by atoms with Gasteiger partial charge >= 0.3 is 5.97 Å². The van der Waals surface area contributed by atoms with Gasteiger partial charge in [-0.1, -0.05) is 18.2 Å². The molecule has 1 aliphatic heterocycles. The fourth-order valence-corrected chi connectivity index (χ4v) is 3.15. The highest BCUT2D eigenvalue weighted by atomic mass is 16.4. The Kier molecular flexibility index (Phi) is 4.57. The first-order chi connectivity index (χ1) is 11.1. The number of hydrogen-bond donors (Lipinski definition) is 1. The van der Waals surface area contributed by atoms with E-state index in [-0.39, 0.29) is 0 Å². The van der Waals surface area contributed by atoms with Crippen molar-refractivity contribution in [2.75, 3.05) is 24.5 Å². The Balaban J connectivity index is 1.68. The van der Waals surface area contributed by atoms with Gasteiger partial charge in [-0.25, -0.2) is 4.79 Å². The van der Waals surface area contributed by atoms with Crippen molar-refractivity contribution < 1.29 is 9.90 Å². The zero-order chi connectivity index (χ0) is 16.2. The number of piperazine rings is 1. The minimum atomic E-state index is -0.913. The van der Waals surface area contributed by atoms with Gasteiger partial charge in [0.15, 0.2) is 0 Å². The lowest BCUT2D eigenvalue weighted by molar-refractivity contribution is 0.0693. The number of carbonyl (C=O) groups is 1. The van der Waals surface area contributed by atoms with Gasteiger partial charge in [-0.2, -0.15) is 0 Å². The van der Waals surface area contributed by atoms with Crippen LogP contribution in [0.4, 0.5) is 5.69 Å². The molecule has 1 fully saturated rings. The van der Waals surface area contributed by atoms with Gasteiger partial charge in [0.1, 0.15) is 0 Å². The fraction of sp³-hybridized carbons (Fsp3) is 0.333. The summed E-state index contributed by atoms with van der Waals surface area (Å²) in [6, 6.07) is 14.1. The third kappa shape index (κ3) is 3.51. The third-order valence-corrected chi connectivity index (χ3v) is 4.29. The number of hydrogen-bond acceptors (Lipinski definition) is 4. The average Bonchev–Trinajstić information content (AvgIpc) is 2.56. The molecule has 1 aromatic heterocycles. The summed E-state index contributed by atoms with van der Waals surface area (Å²) in [6.45, 7) is 5.50. The summed E-state index contributed by atoms with van der Waals surface area (Å²) in [5, 5.41) is 9.27. The van der Waals surface area contributed by atoms with Crippen LogP contribution in [0.1, 0.15) is 23.0 Å². The van der Waals surface area contributed by atoms with Crippen molar-refractivity contribution in [1.82, 2.24) is 9.88 Å². The van der Waals surface area contributed by atoms with Crippen LogP contribution in [0.25, 0.3) is 0 Å². The number of aromatic carboxylic acids is 1. The molecule has 1 saturated heterocycles. The van der Waals surface area contributed by atoms with Crippen molar-refractivity contribution in [3.05, 3.63) is 59.9 Å². The zero-order valence-electron chi connectivity index (χ0n) is 13.2. The summed E-state index contributed by atoms with van der Waals surface area (Å²) in [6.07, 6.45) is 1.66. The fourth-order valence-electron chi connectivity index (χ4n) is 3.15. The molecule has 0 aliphatic carbocycles. The molecule has 3 rings (SSSR count). The van der Waals surface area contributed by atoms with Gasteiger partial charge in [0.05, 0.1) is 11.3 Å². The number of carboxylic acids is 1. The lowest BCUT2D eigenvalue weighted by atomic mass is 10.1. The predicted molar refractivity (Wildman–Crippen MR) is 89.7 cm³/mol. The van der Waals surface area contributed by atoms with Crippen LogP contribution in [0.2, 0.25) is 0 Å². The van der Waals surface area contributed by atoms with Crippen molar-refractivity contribution in [1.29, 1.82) is 0 Å². The first kappa shape index (κ1) is 15.5. The molecule has 5 heteroatoms. The molecule has 1 aromatic carbocycles. The van der Waals surface area contributed by atoms with E-state index in [2.05, 4.69) is 46.0 Å². The molecule has 1 aliphatic rings. The first-order valence-corrected chi connectivity index (χ1v) is 7.86. The van der Waals surface area contributed by atoms with E-state index in [1.165, 1.54) is 5.69 Å². The lowest BCUT2D eigenvalue weighted by Crippen LogP contribution is -2.51. The Morgan fingerprint density at radius 2 is 2.00 bits per heavy atom. The molecule has 120 valence electrons. The van der Waals surface area contributed by atoms with Crippen LogP contribution >= 0.6 is 0 Å². The quantitative estimate of drug-likeness (QED) is 0.940. The molecular weight excluding hydrogens is 290 g/mol. The minimum absolute atomic E-state index is 0.297. The van der Waals surface area contributed by atoms with Gasteiger partial charge in [-0.15, -0.1) is 0 Å². The van der Waals surface area contributed by atoms with E-state index >= 15 is 0 Å². The minimum Gasteiger partial charge on any atom is -0.478 e. The number of nitrogens with zero attached hydrogens (tertiary/aromatic N) is 3. The Morgan fingerprint density at radius 3 is 2.70 bits per heavy atom. The van der Waals surface area contributed by atoms with Gasteiger partial charge in [0, 0.05) is 44.1 Å². The predicted octanol–water partition coefficient (Wildman–Crippen LogP) is 2.49. The smallest absolute Gasteiger partial charge is 0.337 e. The maximum absolute atomic E-state index is 11.3. The molecule has 1 unspecified atom stereocenters. The highest BCUT2D eigenvalue weighted by molar-refractivity contribution is 5.88. The molecule has 1 N–H and O–H groups in total. The number of benzene rings is 1. The van der Waals surface area contributed by atoms with Crippen molar-refractivity contribution >= 4 is 11.7 Å². The summed E-state index contributed by atoms with van der Waals surface area (Å²) >= 11 is 0. The second-order valence-electron chi connectivity index (χ2n) is 5.92. The number of carboxylic acid groups (broad SMARTS) is 1. The van der Waals surface area contributed by atoms with Crippen LogP contribution < -0.4 is 4.90 Å². The van der Waals surface area contributed by atoms with Crippen molar-refractivity contribution in [3.8, 4) is 0 Å². The van der Waals surface area contributed by atoms with Crippen LogP contribution in [0, 0.1) is 0 Å². The molecule has 2 heterocycles. The van der Waals surface area contributed by atoms with Crippen LogP contribution in [0.3, 0.4) is 0 Å². The van der Waals surface area contributed by atoms with Gasteiger partial charge in [-0.05, 0) is 31.2 Å². The normalized spacial score (nSPS) is 18.8. The maximum atomic E-state index is 11.3. The van der Waals surface area contributed by atoms with E-state index in [0.717, 1.165) is 19.6 Å². The molecule has 1 atom stereocenters. The number of para-hydroxylation sites is 1.